The van der Waals surface area contributed by atoms with E-state index >= 15 is 0 Å². The van der Waals surface area contributed by atoms with Crippen molar-refractivity contribution < 1.29 is 0 Å². The van der Waals surface area contributed by atoms with Gasteiger partial charge in [0.15, 0.2) is 0 Å². The van der Waals surface area contributed by atoms with Crippen LogP contribution in [0, 0.1) is 0 Å². The average molecular weight is 729 g/mol. The minimum atomic E-state index is 0.876. The predicted octanol–water partition coefficient (Wildman–Crippen LogP) is 14.9. The van der Waals surface area contributed by atoms with Crippen LogP contribution in [0.5, 0.6) is 0 Å². The van der Waals surface area contributed by atoms with Crippen LogP contribution in [0.1, 0.15) is 5.56 Å². The summed E-state index contributed by atoms with van der Waals surface area (Å²) in [6, 6.07) is 70.0. The highest BCUT2D eigenvalue weighted by Crippen LogP contribution is 2.44. The average Bonchev–Trinajstić information content (AvgIpc) is 3.62. The molecule has 57 heavy (non-hydrogen) atoms. The molecule has 0 atom stereocenters. The Morgan fingerprint density at radius 3 is 2.04 bits per heavy atom. The molecule has 0 spiro atoms. The van der Waals surface area contributed by atoms with Gasteiger partial charge in [-0.15, -0.1) is 0 Å². The third kappa shape index (κ3) is 6.18. The van der Waals surface area contributed by atoms with E-state index in [-0.39, 0.29) is 0 Å². The normalized spacial score (nSPS) is 11.9. The molecule has 1 aromatic heterocycles. The lowest BCUT2D eigenvalue weighted by Crippen LogP contribution is -2.15. The maximum absolute atomic E-state index is 4.71. The summed E-state index contributed by atoms with van der Waals surface area (Å²) in [5, 5.41) is 9.78. The van der Waals surface area contributed by atoms with Crippen LogP contribution in [-0.4, -0.2) is 4.57 Å². The molecular weight excluding hydrogens is 689 g/mol. The van der Waals surface area contributed by atoms with Crippen LogP contribution >= 0.6 is 0 Å². The monoisotopic (exact) mass is 728 g/mol. The molecule has 0 saturated heterocycles. The number of allylic oxidation sites excluding steroid dienone is 4. The number of rotatable bonds is 9. The van der Waals surface area contributed by atoms with Crippen molar-refractivity contribution in [3.8, 4) is 16.8 Å². The molecule has 0 aliphatic carbocycles. The van der Waals surface area contributed by atoms with E-state index in [4.69, 9.17) is 6.58 Å². The van der Waals surface area contributed by atoms with Gasteiger partial charge in [0.25, 0.3) is 0 Å². The lowest BCUT2D eigenvalue weighted by molar-refractivity contribution is 1.19. The van der Waals surface area contributed by atoms with Crippen molar-refractivity contribution in [1.82, 2.24) is 4.57 Å². The van der Waals surface area contributed by atoms with E-state index in [9.17, 15) is 0 Å². The molecule has 0 bridgehead atoms. The smallest absolute Gasteiger partial charge is 0.0619 e. The minimum absolute atomic E-state index is 0.876. The Balaban J connectivity index is 1.15. The molecule has 0 N–H and O–H groups in total. The molecule has 0 unspecified atom stereocenters. The summed E-state index contributed by atoms with van der Waals surface area (Å²) in [5.74, 6) is 0. The van der Waals surface area contributed by atoms with Crippen LogP contribution in [0.4, 0.5) is 11.4 Å². The van der Waals surface area contributed by atoms with Crippen molar-refractivity contribution in [2.45, 2.75) is 6.42 Å². The summed E-state index contributed by atoms with van der Waals surface area (Å²) in [4.78, 5) is 2.32. The number of para-hydroxylation sites is 1. The first-order valence-electron chi connectivity index (χ1n) is 19.6. The summed E-state index contributed by atoms with van der Waals surface area (Å²) in [5.41, 5.74) is 10.2. The first-order valence-corrected chi connectivity index (χ1v) is 19.6. The van der Waals surface area contributed by atoms with Gasteiger partial charge in [-0.25, -0.2) is 0 Å². The van der Waals surface area contributed by atoms with Crippen LogP contribution in [0.15, 0.2) is 231 Å². The van der Waals surface area contributed by atoms with Crippen LogP contribution in [0.25, 0.3) is 70.9 Å². The van der Waals surface area contributed by atoms with Gasteiger partial charge in [0.05, 0.1) is 16.7 Å². The second kappa shape index (κ2) is 14.7. The molecule has 0 aliphatic heterocycles. The van der Waals surface area contributed by atoms with Crippen molar-refractivity contribution in [3.63, 3.8) is 0 Å². The van der Waals surface area contributed by atoms with Gasteiger partial charge in [-0.3, -0.25) is 0 Å². The molecule has 0 radical (unpaired) electrons. The lowest BCUT2D eigenvalue weighted by Gasteiger charge is -2.28. The summed E-state index contributed by atoms with van der Waals surface area (Å²) >= 11 is 0. The minimum Gasteiger partial charge on any atom is -0.310 e. The zero-order valence-corrected chi connectivity index (χ0v) is 31.6. The number of fused-ring (bicyclic) bond motifs is 8. The highest BCUT2D eigenvalue weighted by Gasteiger charge is 2.21. The highest BCUT2D eigenvalue weighted by atomic mass is 15.1. The van der Waals surface area contributed by atoms with Gasteiger partial charge in [-0.2, -0.15) is 0 Å². The van der Waals surface area contributed by atoms with Crippen LogP contribution in [0.3, 0.4) is 0 Å². The number of anilines is 2. The Bertz CT molecular complexity index is 3170. The quantitative estimate of drug-likeness (QED) is 0.106. The van der Waals surface area contributed by atoms with Crippen LogP contribution < -0.4 is 4.90 Å². The van der Waals surface area contributed by atoms with Crippen LogP contribution in [-0.2, 0) is 6.42 Å². The van der Waals surface area contributed by atoms with E-state index in [0.717, 1.165) is 34.7 Å². The van der Waals surface area contributed by atoms with Crippen LogP contribution in [0.2, 0.25) is 0 Å². The summed E-state index contributed by atoms with van der Waals surface area (Å²) < 4.78 is 2.44. The molecular formula is C55H40N2. The molecule has 0 amide bonds. The number of nitrogens with zero attached hydrogens (tertiary/aromatic N) is 2. The van der Waals surface area contributed by atoms with Gasteiger partial charge in [-0.1, -0.05) is 183 Å². The van der Waals surface area contributed by atoms with Gasteiger partial charge >= 0.3 is 0 Å². The van der Waals surface area contributed by atoms with E-state index in [2.05, 4.69) is 228 Å². The van der Waals surface area contributed by atoms with Gasteiger partial charge in [-0.05, 0) is 87.1 Å². The highest BCUT2D eigenvalue weighted by molar-refractivity contribution is 6.22. The van der Waals surface area contributed by atoms with Gasteiger partial charge in [0.1, 0.15) is 0 Å². The molecule has 10 aromatic rings. The van der Waals surface area contributed by atoms with E-state index < -0.39 is 0 Å². The fourth-order valence-electron chi connectivity index (χ4n) is 8.54. The molecule has 10 rings (SSSR count). The lowest BCUT2D eigenvalue weighted by atomic mass is 9.97. The Morgan fingerprint density at radius 1 is 0.526 bits per heavy atom. The first kappa shape index (κ1) is 34.1. The topological polar surface area (TPSA) is 8.17 Å². The Labute approximate surface area is 333 Å². The Morgan fingerprint density at radius 2 is 1.21 bits per heavy atom. The maximum Gasteiger partial charge on any atom is 0.0619 e. The summed E-state index contributed by atoms with van der Waals surface area (Å²) in [6.07, 6.45) is 9.43. The van der Waals surface area contributed by atoms with E-state index in [1.165, 1.54) is 65.3 Å². The predicted molar refractivity (Wildman–Crippen MR) is 245 cm³/mol. The van der Waals surface area contributed by atoms with Crippen molar-refractivity contribution in [2.24, 2.45) is 0 Å². The van der Waals surface area contributed by atoms with Crippen molar-refractivity contribution in [2.75, 3.05) is 4.90 Å². The zero-order chi connectivity index (χ0) is 38.1. The van der Waals surface area contributed by atoms with Gasteiger partial charge in [0, 0.05) is 38.6 Å². The molecule has 2 nitrogen and oxygen atoms in total. The third-order valence-electron chi connectivity index (χ3n) is 11.1. The molecule has 270 valence electrons. The standard InChI is InChI=1S/C55H40N2/c1-39(19-5-2-6-20-40-21-7-3-8-22-40)56(53-38-43-24-12-13-29-46(43)49-31-15-16-32-50(49)53)45-28-17-25-42(37-45)47-33-18-34-52-54(47)51-36-35-41-23-11-14-30-48(41)55(51)57(52)44-26-9-4-10-27-44/h2-19,21-38H,1,20H2/b6-2-,19-5-. The van der Waals surface area contributed by atoms with Crippen molar-refractivity contribution in [3.05, 3.63) is 236 Å². The first-order chi connectivity index (χ1) is 28.2. The second-order valence-electron chi connectivity index (χ2n) is 14.6. The van der Waals surface area contributed by atoms with E-state index in [1.807, 2.05) is 0 Å². The molecule has 0 fully saturated rings. The number of benzene rings is 9. The zero-order valence-electron chi connectivity index (χ0n) is 31.6. The molecule has 2 heteroatoms. The summed E-state index contributed by atoms with van der Waals surface area (Å²) in [6.45, 7) is 4.71. The molecule has 0 saturated carbocycles. The van der Waals surface area contributed by atoms with E-state index in [0.29, 0.717) is 0 Å². The SMILES string of the molecule is C=C(/C=C\C=C/Cc1ccccc1)N(c1cccc(-c2cccc3c2c2ccc4ccccc4c2n3-c2ccccc2)c1)c1cc2ccccc2c2ccccc12. The Hall–Kier alpha value is -7.42. The van der Waals surface area contributed by atoms with Crippen molar-refractivity contribution >= 4 is 65.5 Å². The molecule has 0 aliphatic rings. The fourth-order valence-corrected chi connectivity index (χ4v) is 8.54. The molecule has 9 aromatic carbocycles. The number of hydrogen-bond donors (Lipinski definition) is 0. The largest absolute Gasteiger partial charge is 0.310 e. The summed E-state index contributed by atoms with van der Waals surface area (Å²) in [7, 11) is 0. The van der Waals surface area contributed by atoms with Gasteiger partial charge < -0.3 is 9.47 Å². The second-order valence-corrected chi connectivity index (χ2v) is 14.6. The molecule has 1 heterocycles. The maximum atomic E-state index is 4.71. The number of aromatic nitrogens is 1. The van der Waals surface area contributed by atoms with Gasteiger partial charge in [0.2, 0.25) is 0 Å². The Kier molecular flexibility index (Phi) is 8.78. The fraction of sp³-hybridized carbons (Fsp3) is 0.0182. The van der Waals surface area contributed by atoms with Crippen molar-refractivity contribution in [1.29, 1.82) is 0 Å². The number of hydrogen-bond acceptors (Lipinski definition) is 1. The van der Waals surface area contributed by atoms with E-state index in [1.54, 1.807) is 0 Å². The third-order valence-corrected chi connectivity index (χ3v) is 11.1.